The van der Waals surface area contributed by atoms with Crippen molar-refractivity contribution in [2.24, 2.45) is 11.8 Å². The third-order valence-electron chi connectivity index (χ3n) is 5.42. The van der Waals surface area contributed by atoms with Crippen LogP contribution in [0, 0.1) is 11.8 Å². The van der Waals surface area contributed by atoms with Crippen molar-refractivity contribution in [3.63, 3.8) is 0 Å². The molecule has 0 aliphatic heterocycles. The van der Waals surface area contributed by atoms with Crippen LogP contribution < -0.4 is 0 Å². The third-order valence-corrected chi connectivity index (χ3v) is 5.42. The van der Waals surface area contributed by atoms with Crippen LogP contribution in [0.3, 0.4) is 0 Å². The highest BCUT2D eigenvalue weighted by Crippen LogP contribution is 2.48. The quantitative estimate of drug-likeness (QED) is 0.814. The van der Waals surface area contributed by atoms with Crippen molar-refractivity contribution in [2.45, 2.75) is 38.5 Å². The molecule has 1 fully saturated rings. The lowest BCUT2D eigenvalue weighted by Crippen LogP contribution is -2.40. The zero-order valence-electron chi connectivity index (χ0n) is 14.3. The second-order valence-corrected chi connectivity index (χ2v) is 6.76. The maximum absolute atomic E-state index is 12.9. The minimum atomic E-state index is -0.132. The Morgan fingerprint density at radius 1 is 0.958 bits per heavy atom. The van der Waals surface area contributed by atoms with Gasteiger partial charge in [-0.2, -0.15) is 0 Å². The van der Waals surface area contributed by atoms with Crippen LogP contribution in [0.1, 0.15) is 49.7 Å². The highest BCUT2D eigenvalue weighted by atomic mass is 16.1. The number of benzene rings is 2. The molecular formula is C22H24O2. The Kier molecular flexibility index (Phi) is 4.94. The summed E-state index contributed by atoms with van der Waals surface area (Å²) in [5.74, 6) is 0.216. The summed E-state index contributed by atoms with van der Waals surface area (Å²) in [6, 6.07) is 20.1. The van der Waals surface area contributed by atoms with Gasteiger partial charge in [-0.25, -0.2) is 0 Å². The molecule has 0 aromatic heterocycles. The molecule has 0 N–H and O–H groups in total. The molecule has 4 atom stereocenters. The average molecular weight is 320 g/mol. The van der Waals surface area contributed by atoms with Crippen LogP contribution in [-0.4, -0.2) is 11.6 Å². The molecule has 2 nitrogen and oxygen atoms in total. The molecule has 1 aliphatic carbocycles. The first kappa shape index (κ1) is 16.6. The maximum atomic E-state index is 12.9. The van der Waals surface area contributed by atoms with E-state index >= 15 is 0 Å². The Labute approximate surface area is 143 Å². The maximum Gasteiger partial charge on any atom is 0.136 e. The molecule has 2 aromatic rings. The molecule has 0 spiro atoms. The molecule has 0 saturated heterocycles. The molecule has 0 unspecified atom stereocenters. The van der Waals surface area contributed by atoms with Gasteiger partial charge in [-0.15, -0.1) is 0 Å². The van der Waals surface area contributed by atoms with Crippen molar-refractivity contribution in [3.05, 3.63) is 71.8 Å². The summed E-state index contributed by atoms with van der Waals surface area (Å²) in [5.41, 5.74) is 2.20. The zero-order valence-corrected chi connectivity index (χ0v) is 14.3. The Bertz CT molecular complexity index is 705. The van der Waals surface area contributed by atoms with E-state index in [2.05, 4.69) is 12.1 Å². The lowest BCUT2D eigenvalue weighted by Gasteiger charge is -2.41. The molecular weight excluding hydrogens is 296 g/mol. The molecule has 124 valence electrons. The van der Waals surface area contributed by atoms with E-state index in [0.717, 1.165) is 11.1 Å². The number of carbonyl (C=O) groups excluding carboxylic acids is 2. The van der Waals surface area contributed by atoms with E-state index in [4.69, 9.17) is 0 Å². The number of hydrogen-bond acceptors (Lipinski definition) is 2. The predicted molar refractivity (Wildman–Crippen MR) is 95.9 cm³/mol. The van der Waals surface area contributed by atoms with Gasteiger partial charge in [0.15, 0.2) is 0 Å². The van der Waals surface area contributed by atoms with Crippen molar-refractivity contribution in [3.8, 4) is 0 Å². The van der Waals surface area contributed by atoms with Crippen molar-refractivity contribution in [1.29, 1.82) is 0 Å². The fourth-order valence-electron chi connectivity index (χ4n) is 4.15. The minimum Gasteiger partial charge on any atom is -0.299 e. The van der Waals surface area contributed by atoms with Gasteiger partial charge >= 0.3 is 0 Å². The molecule has 0 amide bonds. The van der Waals surface area contributed by atoms with Crippen LogP contribution in [0.5, 0.6) is 0 Å². The van der Waals surface area contributed by atoms with Gasteiger partial charge in [0.2, 0.25) is 0 Å². The summed E-state index contributed by atoms with van der Waals surface area (Å²) in [5, 5.41) is 0. The van der Waals surface area contributed by atoms with Gasteiger partial charge < -0.3 is 0 Å². The first-order valence-electron chi connectivity index (χ1n) is 8.78. The molecule has 1 aliphatic rings. The Balaban J connectivity index is 2.09. The van der Waals surface area contributed by atoms with Crippen LogP contribution in [0.25, 0.3) is 0 Å². The first-order chi connectivity index (χ1) is 11.6. The number of ketones is 2. The predicted octanol–water partition coefficient (Wildman–Crippen LogP) is 4.76. The van der Waals surface area contributed by atoms with Gasteiger partial charge in [0, 0.05) is 36.5 Å². The number of Topliss-reactive ketones (excluding diaryl/α,β-unsaturated/α-hetero) is 2. The van der Waals surface area contributed by atoms with Crippen molar-refractivity contribution in [1.82, 2.24) is 0 Å². The van der Waals surface area contributed by atoms with E-state index in [9.17, 15) is 9.59 Å². The standard InChI is InChI=1S/C22H24O2/c1-3-19(23)22-18(16-10-6-4-7-11-16)14-20(24)15(2)21(22)17-12-8-5-9-13-17/h4-13,15,18,21-22H,3,14H2,1-2H3/t15-,18-,21-,22-/m1/s1. The van der Waals surface area contributed by atoms with E-state index in [1.54, 1.807) is 0 Å². The van der Waals surface area contributed by atoms with Crippen LogP contribution in [0.2, 0.25) is 0 Å². The van der Waals surface area contributed by atoms with E-state index in [0.29, 0.717) is 12.8 Å². The van der Waals surface area contributed by atoms with Crippen molar-refractivity contribution < 1.29 is 9.59 Å². The Hall–Kier alpha value is -2.22. The monoisotopic (exact) mass is 320 g/mol. The van der Waals surface area contributed by atoms with E-state index in [1.165, 1.54) is 0 Å². The summed E-state index contributed by atoms with van der Waals surface area (Å²) in [6.45, 7) is 3.91. The van der Waals surface area contributed by atoms with Crippen LogP contribution in [0.15, 0.2) is 60.7 Å². The number of carbonyl (C=O) groups is 2. The topological polar surface area (TPSA) is 34.1 Å². The van der Waals surface area contributed by atoms with Crippen molar-refractivity contribution >= 4 is 11.6 Å². The molecule has 2 heteroatoms. The van der Waals surface area contributed by atoms with E-state index in [1.807, 2.05) is 62.4 Å². The Morgan fingerprint density at radius 2 is 1.50 bits per heavy atom. The molecule has 0 bridgehead atoms. The molecule has 0 radical (unpaired) electrons. The SMILES string of the molecule is CCC(=O)[C@@H]1[C@@H](c2ccccc2)[C@H](C)C(=O)C[C@@H]1c1ccccc1. The van der Waals surface area contributed by atoms with Gasteiger partial charge in [0.05, 0.1) is 0 Å². The molecule has 2 aromatic carbocycles. The normalized spacial score (nSPS) is 27.0. The Morgan fingerprint density at radius 3 is 2.04 bits per heavy atom. The van der Waals surface area contributed by atoms with Crippen LogP contribution >= 0.6 is 0 Å². The minimum absolute atomic E-state index is 0.0208. The summed E-state index contributed by atoms with van der Waals surface area (Å²) >= 11 is 0. The summed E-state index contributed by atoms with van der Waals surface area (Å²) < 4.78 is 0. The molecule has 3 rings (SSSR count). The lowest BCUT2D eigenvalue weighted by atomic mass is 9.61. The molecule has 24 heavy (non-hydrogen) atoms. The molecule has 1 saturated carbocycles. The van der Waals surface area contributed by atoms with Gasteiger partial charge in [-0.1, -0.05) is 74.5 Å². The fourth-order valence-corrected chi connectivity index (χ4v) is 4.15. The van der Waals surface area contributed by atoms with E-state index in [-0.39, 0.29) is 35.2 Å². The summed E-state index contributed by atoms with van der Waals surface area (Å²) in [6.07, 6.45) is 0.975. The highest BCUT2D eigenvalue weighted by Gasteiger charge is 2.45. The largest absolute Gasteiger partial charge is 0.299 e. The number of rotatable bonds is 4. The third kappa shape index (κ3) is 3.06. The summed E-state index contributed by atoms with van der Waals surface area (Å²) in [4.78, 5) is 25.6. The lowest BCUT2D eigenvalue weighted by molar-refractivity contribution is -0.132. The fraction of sp³-hybridized carbons (Fsp3) is 0.364. The summed E-state index contributed by atoms with van der Waals surface area (Å²) in [7, 11) is 0. The first-order valence-corrected chi connectivity index (χ1v) is 8.78. The second-order valence-electron chi connectivity index (χ2n) is 6.76. The van der Waals surface area contributed by atoms with Gasteiger partial charge in [-0.3, -0.25) is 9.59 Å². The smallest absolute Gasteiger partial charge is 0.136 e. The van der Waals surface area contributed by atoms with Gasteiger partial charge in [0.25, 0.3) is 0 Å². The van der Waals surface area contributed by atoms with E-state index < -0.39 is 0 Å². The van der Waals surface area contributed by atoms with Crippen molar-refractivity contribution in [2.75, 3.05) is 0 Å². The molecule has 0 heterocycles. The zero-order chi connectivity index (χ0) is 17.1. The second kappa shape index (κ2) is 7.12. The van der Waals surface area contributed by atoms with Gasteiger partial charge in [0.1, 0.15) is 11.6 Å². The van der Waals surface area contributed by atoms with Gasteiger partial charge in [-0.05, 0) is 11.1 Å². The average Bonchev–Trinajstić information content (AvgIpc) is 2.64. The number of hydrogen-bond donors (Lipinski definition) is 0. The van der Waals surface area contributed by atoms with Crippen LogP contribution in [-0.2, 0) is 9.59 Å². The van der Waals surface area contributed by atoms with Crippen LogP contribution in [0.4, 0.5) is 0 Å². The highest BCUT2D eigenvalue weighted by molar-refractivity contribution is 5.90.